The van der Waals surface area contributed by atoms with Crippen molar-refractivity contribution in [1.82, 2.24) is 20.2 Å². The van der Waals surface area contributed by atoms with E-state index in [2.05, 4.69) is 20.2 Å². The summed E-state index contributed by atoms with van der Waals surface area (Å²) in [5.74, 6) is 2.25. The van der Waals surface area contributed by atoms with Crippen molar-refractivity contribution in [3.05, 3.63) is 83.8 Å². The minimum Gasteiger partial charge on any atom is -0.492 e. The normalized spacial score (nSPS) is 18.1. The number of ether oxygens (including phenoxy) is 1. The molecule has 1 aromatic heterocycles. The summed E-state index contributed by atoms with van der Waals surface area (Å²) in [6, 6.07) is 19.3. The van der Waals surface area contributed by atoms with Crippen molar-refractivity contribution in [3.8, 4) is 5.75 Å². The van der Waals surface area contributed by atoms with Gasteiger partial charge in [-0.05, 0) is 56.4 Å². The van der Waals surface area contributed by atoms with Gasteiger partial charge < -0.3 is 19.9 Å². The smallest absolute Gasteiger partial charge is 0.255 e. The van der Waals surface area contributed by atoms with E-state index in [9.17, 15) is 9.59 Å². The zero-order valence-electron chi connectivity index (χ0n) is 22.6. The number of benzene rings is 2. The molecular weight excluding hydrogens is 490 g/mol. The van der Waals surface area contributed by atoms with Gasteiger partial charge in [0.2, 0.25) is 5.91 Å². The number of para-hydroxylation sites is 1. The average Bonchev–Trinajstić information content (AvgIpc) is 2.97. The lowest BCUT2D eigenvalue weighted by Gasteiger charge is -2.42. The van der Waals surface area contributed by atoms with Crippen LogP contribution in [-0.4, -0.2) is 66.0 Å². The number of fused-ring (bicyclic) bond motifs is 1. The third-order valence-electron chi connectivity index (χ3n) is 7.93. The van der Waals surface area contributed by atoms with Gasteiger partial charge >= 0.3 is 0 Å². The van der Waals surface area contributed by atoms with Crippen molar-refractivity contribution in [3.63, 3.8) is 0 Å². The summed E-state index contributed by atoms with van der Waals surface area (Å²) in [5.41, 5.74) is 1.52. The molecule has 1 N–H and O–H groups in total. The van der Waals surface area contributed by atoms with Crippen LogP contribution in [0, 0.1) is 12.3 Å². The summed E-state index contributed by atoms with van der Waals surface area (Å²) < 4.78 is 6.39. The van der Waals surface area contributed by atoms with E-state index in [0.717, 1.165) is 49.4 Å². The number of nitrogens with zero attached hydrogens (tertiary/aromatic N) is 4. The molecule has 0 aliphatic carbocycles. The fourth-order valence-corrected chi connectivity index (χ4v) is 5.60. The summed E-state index contributed by atoms with van der Waals surface area (Å²) in [5, 5.41) is 3.05. The largest absolute Gasteiger partial charge is 0.492 e. The van der Waals surface area contributed by atoms with E-state index in [0.29, 0.717) is 50.5 Å². The number of carbonyl (C=O) groups excluding carboxylic acids is 2. The van der Waals surface area contributed by atoms with Crippen molar-refractivity contribution < 1.29 is 14.3 Å². The van der Waals surface area contributed by atoms with Crippen molar-refractivity contribution >= 4 is 17.6 Å². The van der Waals surface area contributed by atoms with Crippen molar-refractivity contribution in [2.75, 3.05) is 44.2 Å². The van der Waals surface area contributed by atoms with E-state index in [4.69, 9.17) is 4.74 Å². The van der Waals surface area contributed by atoms with Crippen LogP contribution in [0.15, 0.2) is 66.9 Å². The molecule has 39 heavy (non-hydrogen) atoms. The van der Waals surface area contributed by atoms with E-state index >= 15 is 0 Å². The van der Waals surface area contributed by atoms with Gasteiger partial charge in [-0.25, -0.2) is 9.97 Å². The highest BCUT2D eigenvalue weighted by molar-refractivity contribution is 5.96. The Balaban J connectivity index is 1.33. The number of piperidine rings is 1. The Bertz CT molecular complexity index is 1270. The maximum Gasteiger partial charge on any atom is 0.255 e. The number of hydrogen-bond acceptors (Lipinski definition) is 6. The molecule has 1 fully saturated rings. The quantitative estimate of drug-likeness (QED) is 0.553. The second-order valence-electron chi connectivity index (χ2n) is 10.6. The summed E-state index contributed by atoms with van der Waals surface area (Å²) in [6.07, 6.45) is 5.88. The molecule has 8 nitrogen and oxygen atoms in total. The molecule has 3 heterocycles. The Morgan fingerprint density at radius 3 is 2.54 bits per heavy atom. The lowest BCUT2D eigenvalue weighted by atomic mass is 9.75. The van der Waals surface area contributed by atoms with E-state index < -0.39 is 0 Å². The number of carbonyl (C=O) groups is 2. The molecule has 2 amide bonds. The molecule has 204 valence electrons. The van der Waals surface area contributed by atoms with Crippen LogP contribution in [0.3, 0.4) is 0 Å². The van der Waals surface area contributed by atoms with Gasteiger partial charge in [0, 0.05) is 44.3 Å². The Morgan fingerprint density at radius 1 is 0.974 bits per heavy atom. The number of likely N-dealkylation sites (tertiary alicyclic amines) is 1. The predicted molar refractivity (Wildman–Crippen MR) is 151 cm³/mol. The number of aryl methyl sites for hydroxylation is 1. The molecule has 2 aliphatic heterocycles. The van der Waals surface area contributed by atoms with E-state index in [1.165, 1.54) is 0 Å². The van der Waals surface area contributed by atoms with Crippen molar-refractivity contribution in [2.45, 2.75) is 39.0 Å². The summed E-state index contributed by atoms with van der Waals surface area (Å²) in [4.78, 5) is 39.2. The van der Waals surface area contributed by atoms with Gasteiger partial charge in [0.1, 0.15) is 17.4 Å². The first kappa shape index (κ1) is 26.7. The third kappa shape index (κ3) is 6.74. The van der Waals surface area contributed by atoms with Gasteiger partial charge in [-0.1, -0.05) is 42.5 Å². The minimum absolute atomic E-state index is 0.0750. The lowest BCUT2D eigenvalue weighted by molar-refractivity contribution is -0.133. The molecule has 3 aromatic rings. The summed E-state index contributed by atoms with van der Waals surface area (Å²) in [7, 11) is 0. The molecule has 8 heteroatoms. The highest BCUT2D eigenvalue weighted by Crippen LogP contribution is 2.38. The van der Waals surface area contributed by atoms with Crippen LogP contribution in [-0.2, 0) is 11.2 Å². The van der Waals surface area contributed by atoms with Gasteiger partial charge in [-0.2, -0.15) is 0 Å². The SMILES string of the molecule is Cc1nccc(N2CCCC3(CCN(C(=O)Cc4ccccc4)CC3)COc3ccccc3C(=O)NCC2)n1. The number of nitrogens with one attached hydrogen (secondary N) is 1. The first-order valence-electron chi connectivity index (χ1n) is 13.9. The van der Waals surface area contributed by atoms with Crippen LogP contribution in [0.5, 0.6) is 5.75 Å². The molecule has 2 aromatic carbocycles. The van der Waals surface area contributed by atoms with E-state index in [-0.39, 0.29) is 17.2 Å². The molecule has 0 saturated carbocycles. The number of rotatable bonds is 3. The first-order chi connectivity index (χ1) is 19.0. The van der Waals surface area contributed by atoms with Crippen LogP contribution in [0.2, 0.25) is 0 Å². The highest BCUT2D eigenvalue weighted by Gasteiger charge is 2.37. The molecular formula is C31H37N5O3. The number of hydrogen-bond donors (Lipinski definition) is 1. The highest BCUT2D eigenvalue weighted by atomic mass is 16.5. The monoisotopic (exact) mass is 527 g/mol. The average molecular weight is 528 g/mol. The Labute approximate surface area is 230 Å². The lowest BCUT2D eigenvalue weighted by Crippen LogP contribution is -2.46. The molecule has 1 saturated heterocycles. The fourth-order valence-electron chi connectivity index (χ4n) is 5.60. The van der Waals surface area contributed by atoms with Crippen LogP contribution < -0.4 is 15.0 Å². The van der Waals surface area contributed by atoms with Crippen molar-refractivity contribution in [1.29, 1.82) is 0 Å². The van der Waals surface area contributed by atoms with E-state index in [1.54, 1.807) is 6.20 Å². The first-order valence-corrected chi connectivity index (χ1v) is 13.9. The van der Waals surface area contributed by atoms with Gasteiger partial charge in [0.05, 0.1) is 18.6 Å². The number of amides is 2. The van der Waals surface area contributed by atoms with Gasteiger partial charge in [-0.15, -0.1) is 0 Å². The zero-order chi connectivity index (χ0) is 27.1. The number of aromatic nitrogens is 2. The predicted octanol–water partition coefficient (Wildman–Crippen LogP) is 4.05. The van der Waals surface area contributed by atoms with Crippen LogP contribution >= 0.6 is 0 Å². The van der Waals surface area contributed by atoms with Crippen LogP contribution in [0.1, 0.15) is 47.4 Å². The van der Waals surface area contributed by atoms with Crippen LogP contribution in [0.4, 0.5) is 5.82 Å². The van der Waals surface area contributed by atoms with E-state index in [1.807, 2.05) is 72.5 Å². The maximum absolute atomic E-state index is 13.1. The Morgan fingerprint density at radius 2 is 1.74 bits per heavy atom. The number of anilines is 1. The molecule has 2 aliphatic rings. The zero-order valence-corrected chi connectivity index (χ0v) is 22.6. The van der Waals surface area contributed by atoms with Crippen LogP contribution in [0.25, 0.3) is 0 Å². The fraction of sp³-hybridized carbons (Fsp3) is 0.419. The van der Waals surface area contributed by atoms with Gasteiger partial charge in [0.25, 0.3) is 5.91 Å². The molecule has 5 rings (SSSR count). The van der Waals surface area contributed by atoms with Gasteiger partial charge in [0.15, 0.2) is 0 Å². The molecule has 0 bridgehead atoms. The second kappa shape index (κ2) is 12.3. The second-order valence-corrected chi connectivity index (χ2v) is 10.6. The molecule has 0 atom stereocenters. The maximum atomic E-state index is 13.1. The Hall–Kier alpha value is -3.94. The third-order valence-corrected chi connectivity index (χ3v) is 7.93. The molecule has 0 unspecified atom stereocenters. The molecule has 1 spiro atoms. The topological polar surface area (TPSA) is 87.7 Å². The Kier molecular flexibility index (Phi) is 8.39. The van der Waals surface area contributed by atoms with Gasteiger partial charge in [-0.3, -0.25) is 9.59 Å². The van der Waals surface area contributed by atoms with Crippen molar-refractivity contribution in [2.24, 2.45) is 5.41 Å². The standard InChI is InChI=1S/C31H37N5O3/c1-24-32-16-12-28(34-24)35-18-7-13-31(23-39-27-11-6-5-10-26(27)30(38)33-17-21-35)14-19-36(20-15-31)29(37)22-25-8-3-2-4-9-25/h2-6,8-12,16H,7,13-15,17-23H2,1H3,(H,33,38). The minimum atomic E-state index is -0.140. The summed E-state index contributed by atoms with van der Waals surface area (Å²) >= 11 is 0. The summed E-state index contributed by atoms with van der Waals surface area (Å²) in [6.45, 7) is 5.81. The molecule has 0 radical (unpaired) electrons.